The van der Waals surface area contributed by atoms with Crippen molar-refractivity contribution in [3.63, 3.8) is 0 Å². The van der Waals surface area contributed by atoms with Gasteiger partial charge >= 0.3 is 0 Å². The largest absolute Gasteiger partial charge is 0.388 e. The number of carbonyl (C=O) groups excluding carboxylic acids is 1. The van der Waals surface area contributed by atoms with Crippen LogP contribution in [0.2, 0.25) is 0 Å². The number of aromatic nitrogens is 1. The number of carbonyl (C=O) groups is 1. The molecule has 0 aliphatic carbocycles. The summed E-state index contributed by atoms with van der Waals surface area (Å²) in [5.74, 6) is -0.179. The Labute approximate surface area is 124 Å². The molecule has 0 fully saturated rings. The molecule has 0 aromatic carbocycles. The first-order chi connectivity index (χ1) is 9.49. The van der Waals surface area contributed by atoms with E-state index in [2.05, 4.69) is 10.3 Å². The number of rotatable bonds is 8. The van der Waals surface area contributed by atoms with Gasteiger partial charge in [0.2, 0.25) is 5.91 Å². The summed E-state index contributed by atoms with van der Waals surface area (Å²) in [6, 6.07) is 0. The van der Waals surface area contributed by atoms with E-state index in [0.717, 1.165) is 22.7 Å². The second-order valence-electron chi connectivity index (χ2n) is 5.06. The summed E-state index contributed by atoms with van der Waals surface area (Å²) in [5, 5.41) is 14.2. The van der Waals surface area contributed by atoms with Crippen molar-refractivity contribution >= 4 is 23.3 Å². The number of aliphatic hydroxyl groups is 1. The zero-order chi connectivity index (χ0) is 15.0. The molecule has 2 N–H and O–H groups in total. The van der Waals surface area contributed by atoms with E-state index in [-0.39, 0.29) is 5.91 Å². The van der Waals surface area contributed by atoms with Crippen molar-refractivity contribution in [2.45, 2.75) is 52.1 Å². The standard InChI is InChI=1S/C15H24N2O2S/c1-4-8-15(19,9-5-2)11-17-14(18)7-6-13-10-16-12(3)20-13/h6-7,10,19H,4-5,8-9,11H2,1-3H3,(H,17,18). The van der Waals surface area contributed by atoms with E-state index in [9.17, 15) is 9.90 Å². The van der Waals surface area contributed by atoms with Gasteiger partial charge in [0, 0.05) is 23.7 Å². The molecule has 1 aromatic heterocycles. The molecular formula is C15H24N2O2S. The van der Waals surface area contributed by atoms with Crippen molar-refractivity contribution < 1.29 is 9.90 Å². The maximum atomic E-state index is 11.8. The molecule has 0 unspecified atom stereocenters. The monoisotopic (exact) mass is 296 g/mol. The average molecular weight is 296 g/mol. The van der Waals surface area contributed by atoms with Crippen LogP contribution < -0.4 is 5.32 Å². The van der Waals surface area contributed by atoms with Crippen LogP contribution in [0.25, 0.3) is 6.08 Å². The summed E-state index contributed by atoms with van der Waals surface area (Å²) in [7, 11) is 0. The lowest BCUT2D eigenvalue weighted by atomic mass is 9.92. The Hall–Kier alpha value is -1.20. The van der Waals surface area contributed by atoms with Crippen molar-refractivity contribution in [3.8, 4) is 0 Å². The molecule has 5 heteroatoms. The lowest BCUT2D eigenvalue weighted by Crippen LogP contribution is -2.42. The minimum Gasteiger partial charge on any atom is -0.388 e. The van der Waals surface area contributed by atoms with Crippen molar-refractivity contribution in [3.05, 3.63) is 22.2 Å². The highest BCUT2D eigenvalue weighted by Gasteiger charge is 2.24. The van der Waals surface area contributed by atoms with E-state index in [1.54, 1.807) is 23.6 Å². The molecule has 20 heavy (non-hydrogen) atoms. The molecular weight excluding hydrogens is 272 g/mol. The van der Waals surface area contributed by atoms with Gasteiger partial charge in [0.05, 0.1) is 10.6 Å². The maximum absolute atomic E-state index is 11.8. The number of amides is 1. The highest BCUT2D eigenvalue weighted by atomic mass is 32.1. The average Bonchev–Trinajstić information content (AvgIpc) is 2.80. The van der Waals surface area contributed by atoms with E-state index in [1.165, 1.54) is 6.08 Å². The summed E-state index contributed by atoms with van der Waals surface area (Å²) in [6.45, 7) is 6.31. The van der Waals surface area contributed by atoms with Crippen LogP contribution in [-0.4, -0.2) is 28.1 Å². The molecule has 1 rings (SSSR count). The molecule has 1 amide bonds. The predicted molar refractivity (Wildman–Crippen MR) is 83.7 cm³/mol. The Morgan fingerprint density at radius 3 is 2.60 bits per heavy atom. The molecule has 0 saturated carbocycles. The van der Waals surface area contributed by atoms with Crippen molar-refractivity contribution in [1.29, 1.82) is 0 Å². The number of nitrogens with zero attached hydrogens (tertiary/aromatic N) is 1. The van der Waals surface area contributed by atoms with Crippen molar-refractivity contribution in [2.75, 3.05) is 6.54 Å². The number of hydrogen-bond acceptors (Lipinski definition) is 4. The molecule has 0 spiro atoms. The van der Waals surface area contributed by atoms with Gasteiger partial charge in [0.15, 0.2) is 0 Å². The lowest BCUT2D eigenvalue weighted by Gasteiger charge is -2.27. The summed E-state index contributed by atoms with van der Waals surface area (Å²) < 4.78 is 0. The van der Waals surface area contributed by atoms with Gasteiger partial charge in [-0.15, -0.1) is 11.3 Å². The molecule has 0 saturated heterocycles. The SMILES string of the molecule is CCCC(O)(CCC)CNC(=O)C=Cc1cnc(C)s1. The van der Waals surface area contributed by atoms with Gasteiger partial charge < -0.3 is 10.4 Å². The zero-order valence-corrected chi connectivity index (χ0v) is 13.3. The molecule has 4 nitrogen and oxygen atoms in total. The molecule has 1 aromatic rings. The third-order valence-electron chi connectivity index (χ3n) is 3.06. The fourth-order valence-electron chi connectivity index (χ4n) is 2.16. The topological polar surface area (TPSA) is 62.2 Å². The van der Waals surface area contributed by atoms with Gasteiger partial charge in [0.25, 0.3) is 0 Å². The van der Waals surface area contributed by atoms with Crippen LogP contribution in [-0.2, 0) is 4.79 Å². The quantitative estimate of drug-likeness (QED) is 0.725. The van der Waals surface area contributed by atoms with E-state index in [0.29, 0.717) is 19.4 Å². The fraction of sp³-hybridized carbons (Fsp3) is 0.600. The smallest absolute Gasteiger partial charge is 0.244 e. The minimum atomic E-state index is -0.784. The fourth-order valence-corrected chi connectivity index (χ4v) is 2.84. The van der Waals surface area contributed by atoms with Crippen LogP contribution in [0.3, 0.4) is 0 Å². The Balaban J connectivity index is 2.47. The summed E-state index contributed by atoms with van der Waals surface area (Å²) >= 11 is 1.54. The van der Waals surface area contributed by atoms with Crippen LogP contribution in [0.5, 0.6) is 0 Å². The predicted octanol–water partition coefficient (Wildman–Crippen LogP) is 2.91. The van der Waals surface area contributed by atoms with Crippen LogP contribution >= 0.6 is 11.3 Å². The second-order valence-corrected chi connectivity index (χ2v) is 6.32. The molecule has 0 radical (unpaired) electrons. The lowest BCUT2D eigenvalue weighted by molar-refractivity contribution is -0.117. The number of nitrogens with one attached hydrogen (secondary N) is 1. The highest BCUT2D eigenvalue weighted by molar-refractivity contribution is 7.12. The van der Waals surface area contributed by atoms with E-state index in [1.807, 2.05) is 20.8 Å². The molecule has 0 aliphatic heterocycles. The third-order valence-corrected chi connectivity index (χ3v) is 3.94. The summed E-state index contributed by atoms with van der Waals surface area (Å²) in [6.07, 6.45) is 8.21. The first-order valence-corrected chi connectivity index (χ1v) is 7.91. The summed E-state index contributed by atoms with van der Waals surface area (Å²) in [4.78, 5) is 16.8. The van der Waals surface area contributed by atoms with Gasteiger partial charge in [-0.05, 0) is 25.8 Å². The Kier molecular flexibility index (Phi) is 6.88. The number of hydrogen-bond donors (Lipinski definition) is 2. The molecule has 0 bridgehead atoms. The summed E-state index contributed by atoms with van der Waals surface area (Å²) in [5.41, 5.74) is -0.784. The molecule has 0 aliphatic rings. The first-order valence-electron chi connectivity index (χ1n) is 7.10. The van der Waals surface area contributed by atoms with Gasteiger partial charge in [0.1, 0.15) is 0 Å². The number of thiazole rings is 1. The van der Waals surface area contributed by atoms with Gasteiger partial charge in [-0.25, -0.2) is 4.98 Å². The Bertz CT molecular complexity index is 448. The second kappa shape index (κ2) is 8.17. The molecule has 0 atom stereocenters. The van der Waals surface area contributed by atoms with Crippen LogP contribution in [0.4, 0.5) is 0 Å². The first kappa shape index (κ1) is 16.9. The van der Waals surface area contributed by atoms with Gasteiger partial charge in [-0.1, -0.05) is 26.7 Å². The van der Waals surface area contributed by atoms with E-state index < -0.39 is 5.60 Å². The van der Waals surface area contributed by atoms with Gasteiger partial charge in [-0.2, -0.15) is 0 Å². The number of aryl methyl sites for hydroxylation is 1. The minimum absolute atomic E-state index is 0.179. The maximum Gasteiger partial charge on any atom is 0.244 e. The van der Waals surface area contributed by atoms with E-state index >= 15 is 0 Å². The molecule has 1 heterocycles. The van der Waals surface area contributed by atoms with Crippen molar-refractivity contribution in [2.24, 2.45) is 0 Å². The van der Waals surface area contributed by atoms with Crippen LogP contribution in [0, 0.1) is 6.92 Å². The third kappa shape index (κ3) is 5.84. The van der Waals surface area contributed by atoms with Crippen LogP contribution in [0.1, 0.15) is 49.4 Å². The van der Waals surface area contributed by atoms with E-state index in [4.69, 9.17) is 0 Å². The Morgan fingerprint density at radius 2 is 2.10 bits per heavy atom. The van der Waals surface area contributed by atoms with Gasteiger partial charge in [-0.3, -0.25) is 4.79 Å². The molecule has 112 valence electrons. The zero-order valence-electron chi connectivity index (χ0n) is 12.5. The van der Waals surface area contributed by atoms with Crippen molar-refractivity contribution in [1.82, 2.24) is 10.3 Å². The Morgan fingerprint density at radius 1 is 1.45 bits per heavy atom. The van der Waals surface area contributed by atoms with Crippen LogP contribution in [0.15, 0.2) is 12.3 Å². The normalized spacial score (nSPS) is 12.0. The highest BCUT2D eigenvalue weighted by Crippen LogP contribution is 2.18.